The maximum absolute atomic E-state index is 5.76. The summed E-state index contributed by atoms with van der Waals surface area (Å²) in [5.41, 5.74) is 1.07. The minimum Gasteiger partial charge on any atom is -0.496 e. The second-order valence-electron chi connectivity index (χ2n) is 4.20. The summed E-state index contributed by atoms with van der Waals surface area (Å²) in [5, 5.41) is 3.30. The fraction of sp³-hybridized carbons (Fsp3) is 0.200. The van der Waals surface area contributed by atoms with Gasteiger partial charge in [-0.05, 0) is 68.3 Å². The molecule has 0 aliphatic rings. The van der Waals surface area contributed by atoms with Crippen molar-refractivity contribution in [3.8, 4) is 11.5 Å². The third kappa shape index (κ3) is 4.90. The number of methoxy groups -OCH3 is 1. The first kappa shape index (κ1) is 16.6. The molecular weight excluding hydrogens is 466 g/mol. The fourth-order valence-electron chi connectivity index (χ4n) is 1.70. The van der Waals surface area contributed by atoms with Crippen LogP contribution < -0.4 is 14.8 Å². The molecule has 2 aromatic carbocycles. The van der Waals surface area contributed by atoms with E-state index in [2.05, 4.69) is 53.1 Å². The molecule has 3 nitrogen and oxygen atoms in total. The maximum atomic E-state index is 5.76. The lowest BCUT2D eigenvalue weighted by molar-refractivity contribution is 0.329. The Morgan fingerprint density at radius 2 is 1.57 bits per heavy atom. The van der Waals surface area contributed by atoms with Crippen LogP contribution in [0.25, 0.3) is 0 Å². The number of hydrogen-bond acceptors (Lipinski definition) is 3. The molecule has 1 N–H and O–H groups in total. The second-order valence-corrected chi connectivity index (χ2v) is 6.82. The van der Waals surface area contributed by atoms with Crippen molar-refractivity contribution in [2.24, 2.45) is 0 Å². The topological polar surface area (TPSA) is 30.5 Å². The molecule has 6 heteroatoms. The van der Waals surface area contributed by atoms with Gasteiger partial charge in [-0.2, -0.15) is 0 Å². The lowest BCUT2D eigenvalue weighted by Crippen LogP contribution is -2.11. The van der Waals surface area contributed by atoms with E-state index < -0.39 is 0 Å². The predicted molar refractivity (Wildman–Crippen MR) is 96.5 cm³/mol. The smallest absolute Gasteiger partial charge is 0.134 e. The van der Waals surface area contributed by atoms with Crippen LogP contribution in [0.15, 0.2) is 49.8 Å². The highest BCUT2D eigenvalue weighted by molar-refractivity contribution is 9.11. The van der Waals surface area contributed by atoms with E-state index in [4.69, 9.17) is 9.47 Å². The van der Waals surface area contributed by atoms with E-state index >= 15 is 0 Å². The summed E-state index contributed by atoms with van der Waals surface area (Å²) >= 11 is 10.3. The Morgan fingerprint density at radius 3 is 2.24 bits per heavy atom. The molecule has 0 aliphatic carbocycles. The summed E-state index contributed by atoms with van der Waals surface area (Å²) in [6.07, 6.45) is 0. The molecule has 0 radical (unpaired) electrons. The average Bonchev–Trinajstić information content (AvgIpc) is 2.48. The van der Waals surface area contributed by atoms with E-state index in [0.717, 1.165) is 37.1 Å². The lowest BCUT2D eigenvalue weighted by Gasteiger charge is -2.12. The van der Waals surface area contributed by atoms with Gasteiger partial charge in [0.1, 0.15) is 18.1 Å². The molecule has 0 aromatic heterocycles. The highest BCUT2D eigenvalue weighted by atomic mass is 79.9. The van der Waals surface area contributed by atoms with E-state index in [1.165, 1.54) is 0 Å². The van der Waals surface area contributed by atoms with Crippen molar-refractivity contribution < 1.29 is 9.47 Å². The van der Waals surface area contributed by atoms with Crippen molar-refractivity contribution in [3.05, 3.63) is 49.8 Å². The van der Waals surface area contributed by atoms with Crippen LogP contribution in [0, 0.1) is 0 Å². The molecule has 2 aromatic rings. The zero-order valence-corrected chi connectivity index (χ0v) is 16.1. The van der Waals surface area contributed by atoms with Gasteiger partial charge in [0.2, 0.25) is 0 Å². The summed E-state index contributed by atoms with van der Waals surface area (Å²) in [6, 6.07) is 11.8. The SMILES string of the molecule is COc1cc(Br)c(OCCNc2ccc(Br)cc2)cc1Br. The van der Waals surface area contributed by atoms with Crippen LogP contribution in [0.3, 0.4) is 0 Å². The fourth-order valence-corrected chi connectivity index (χ4v) is 2.89. The summed E-state index contributed by atoms with van der Waals surface area (Å²) in [5.74, 6) is 1.54. The number of anilines is 1. The monoisotopic (exact) mass is 477 g/mol. The first-order valence-corrected chi connectivity index (χ1v) is 8.63. The van der Waals surface area contributed by atoms with Crippen LogP contribution >= 0.6 is 47.8 Å². The molecule has 21 heavy (non-hydrogen) atoms. The van der Waals surface area contributed by atoms with E-state index in [9.17, 15) is 0 Å². The van der Waals surface area contributed by atoms with Gasteiger partial charge in [-0.1, -0.05) is 15.9 Å². The molecule has 0 saturated heterocycles. The van der Waals surface area contributed by atoms with Gasteiger partial charge in [-0.15, -0.1) is 0 Å². The van der Waals surface area contributed by atoms with Gasteiger partial charge < -0.3 is 14.8 Å². The van der Waals surface area contributed by atoms with Crippen molar-refractivity contribution >= 4 is 53.5 Å². The molecule has 0 atom stereocenters. The number of ether oxygens (including phenoxy) is 2. The molecule has 112 valence electrons. The van der Waals surface area contributed by atoms with Gasteiger partial charge in [0.25, 0.3) is 0 Å². The molecule has 2 rings (SSSR count). The van der Waals surface area contributed by atoms with E-state index in [1.807, 2.05) is 36.4 Å². The van der Waals surface area contributed by atoms with Crippen molar-refractivity contribution in [1.29, 1.82) is 0 Å². The molecule has 0 bridgehead atoms. The number of rotatable bonds is 6. The Hall–Kier alpha value is -0.720. The van der Waals surface area contributed by atoms with Crippen molar-refractivity contribution in [1.82, 2.24) is 0 Å². The minimum absolute atomic E-state index is 0.563. The van der Waals surface area contributed by atoms with Crippen molar-refractivity contribution in [2.75, 3.05) is 25.6 Å². The summed E-state index contributed by atoms with van der Waals surface area (Å²) < 4.78 is 13.8. The number of benzene rings is 2. The summed E-state index contributed by atoms with van der Waals surface area (Å²) in [6.45, 7) is 1.28. The molecular formula is C15H14Br3NO2. The summed E-state index contributed by atoms with van der Waals surface area (Å²) in [7, 11) is 1.63. The van der Waals surface area contributed by atoms with E-state index in [0.29, 0.717) is 6.61 Å². The Morgan fingerprint density at radius 1 is 0.952 bits per heavy atom. The lowest BCUT2D eigenvalue weighted by atomic mass is 10.3. The Balaban J connectivity index is 1.86. The van der Waals surface area contributed by atoms with Gasteiger partial charge in [0.15, 0.2) is 0 Å². The highest BCUT2D eigenvalue weighted by Gasteiger charge is 2.08. The van der Waals surface area contributed by atoms with Crippen LogP contribution in [0.1, 0.15) is 0 Å². The first-order chi connectivity index (χ1) is 10.1. The van der Waals surface area contributed by atoms with Crippen LogP contribution in [0.2, 0.25) is 0 Å². The third-order valence-electron chi connectivity index (χ3n) is 2.74. The maximum Gasteiger partial charge on any atom is 0.134 e. The molecule has 0 heterocycles. The second kappa shape index (κ2) is 8.06. The van der Waals surface area contributed by atoms with Gasteiger partial charge >= 0.3 is 0 Å². The predicted octanol–water partition coefficient (Wildman–Crippen LogP) is 5.47. The van der Waals surface area contributed by atoms with Crippen LogP contribution in [-0.4, -0.2) is 20.3 Å². The van der Waals surface area contributed by atoms with Crippen LogP contribution in [0.5, 0.6) is 11.5 Å². The van der Waals surface area contributed by atoms with Crippen molar-refractivity contribution in [2.45, 2.75) is 0 Å². The molecule has 0 unspecified atom stereocenters. The van der Waals surface area contributed by atoms with E-state index in [-0.39, 0.29) is 0 Å². The van der Waals surface area contributed by atoms with Gasteiger partial charge in [-0.25, -0.2) is 0 Å². The normalized spacial score (nSPS) is 10.3. The van der Waals surface area contributed by atoms with Crippen LogP contribution in [0.4, 0.5) is 5.69 Å². The van der Waals surface area contributed by atoms with E-state index in [1.54, 1.807) is 7.11 Å². The van der Waals surface area contributed by atoms with Crippen LogP contribution in [-0.2, 0) is 0 Å². The Kier molecular flexibility index (Phi) is 6.39. The third-order valence-corrected chi connectivity index (χ3v) is 4.51. The Bertz CT molecular complexity index is 603. The first-order valence-electron chi connectivity index (χ1n) is 6.25. The molecule has 0 spiro atoms. The molecule has 0 amide bonds. The average molecular weight is 480 g/mol. The standard InChI is InChI=1S/C15H14Br3NO2/c1-20-14-8-13(18)15(9-12(14)17)21-7-6-19-11-4-2-10(16)3-5-11/h2-5,8-9,19H,6-7H2,1H3. The molecule has 0 fully saturated rings. The largest absolute Gasteiger partial charge is 0.496 e. The Labute approximate surface area is 149 Å². The zero-order valence-electron chi connectivity index (χ0n) is 11.3. The summed E-state index contributed by atoms with van der Waals surface area (Å²) in [4.78, 5) is 0. The molecule has 0 saturated carbocycles. The quantitative estimate of drug-likeness (QED) is 0.557. The number of hydrogen-bond donors (Lipinski definition) is 1. The molecule has 0 aliphatic heterocycles. The van der Waals surface area contributed by atoms with Gasteiger partial charge in [-0.3, -0.25) is 0 Å². The number of halogens is 3. The minimum atomic E-state index is 0.563. The highest BCUT2D eigenvalue weighted by Crippen LogP contribution is 2.35. The van der Waals surface area contributed by atoms with Gasteiger partial charge in [0.05, 0.1) is 16.1 Å². The zero-order chi connectivity index (χ0) is 15.2. The number of nitrogens with one attached hydrogen (secondary N) is 1. The van der Waals surface area contributed by atoms with Crippen molar-refractivity contribution in [3.63, 3.8) is 0 Å². The van der Waals surface area contributed by atoms with Gasteiger partial charge in [0, 0.05) is 16.7 Å².